The predicted molar refractivity (Wildman–Crippen MR) is 107 cm³/mol. The van der Waals surface area contributed by atoms with Crippen LogP contribution in [0, 0.1) is 10.1 Å². The van der Waals surface area contributed by atoms with E-state index in [9.17, 15) is 10.1 Å². The van der Waals surface area contributed by atoms with Crippen molar-refractivity contribution in [2.75, 3.05) is 62.4 Å². The van der Waals surface area contributed by atoms with Crippen molar-refractivity contribution in [2.24, 2.45) is 0 Å². The first-order valence-corrected chi connectivity index (χ1v) is 9.14. The van der Waals surface area contributed by atoms with Crippen molar-refractivity contribution in [1.82, 2.24) is 14.9 Å². The zero-order chi connectivity index (χ0) is 19.9. The maximum atomic E-state index is 11.5. The van der Waals surface area contributed by atoms with Crippen LogP contribution in [-0.2, 0) is 11.3 Å². The number of methoxy groups -OCH3 is 1. The highest BCUT2D eigenvalue weighted by atomic mass is 16.6. The average Bonchev–Trinajstić information content (AvgIpc) is 2.69. The molecular formula is C18H25N7O3. The number of nitrogen functional groups attached to an aromatic ring is 1. The quantitative estimate of drug-likeness (QED) is 0.392. The van der Waals surface area contributed by atoms with E-state index in [-0.39, 0.29) is 23.3 Å². The van der Waals surface area contributed by atoms with Gasteiger partial charge >= 0.3 is 5.69 Å². The summed E-state index contributed by atoms with van der Waals surface area (Å²) in [5.41, 5.74) is 6.87. The lowest BCUT2D eigenvalue weighted by molar-refractivity contribution is -0.383. The minimum absolute atomic E-state index is 0.137. The fourth-order valence-electron chi connectivity index (χ4n) is 3.16. The van der Waals surface area contributed by atoms with Crippen molar-refractivity contribution in [3.63, 3.8) is 0 Å². The molecule has 1 aromatic carbocycles. The highest BCUT2D eigenvalue weighted by molar-refractivity contribution is 5.71. The molecular weight excluding hydrogens is 362 g/mol. The van der Waals surface area contributed by atoms with E-state index in [0.29, 0.717) is 26.2 Å². The minimum atomic E-state index is -0.514. The SMILES string of the molecule is COCCNc1nc(N)c([N+](=O)[O-])c(N2CCN(Cc3ccccc3)CC2)n1. The zero-order valence-electron chi connectivity index (χ0n) is 15.9. The Bertz CT molecular complexity index is 795. The Kier molecular flexibility index (Phi) is 6.56. The Morgan fingerprint density at radius 1 is 1.21 bits per heavy atom. The molecule has 0 unspecified atom stereocenters. The molecule has 10 heteroatoms. The number of rotatable bonds is 8. The van der Waals surface area contributed by atoms with Gasteiger partial charge in [-0.25, -0.2) is 0 Å². The molecule has 2 heterocycles. The second-order valence-electron chi connectivity index (χ2n) is 6.53. The lowest BCUT2D eigenvalue weighted by Crippen LogP contribution is -2.46. The third-order valence-electron chi connectivity index (χ3n) is 4.59. The normalized spacial score (nSPS) is 14.8. The van der Waals surface area contributed by atoms with Gasteiger partial charge in [0, 0.05) is 46.4 Å². The van der Waals surface area contributed by atoms with Crippen LogP contribution in [0.1, 0.15) is 5.56 Å². The van der Waals surface area contributed by atoms with Crippen LogP contribution < -0.4 is 16.0 Å². The van der Waals surface area contributed by atoms with Gasteiger partial charge in [0.05, 0.1) is 11.5 Å². The average molecular weight is 387 g/mol. The van der Waals surface area contributed by atoms with Gasteiger partial charge in [-0.2, -0.15) is 9.97 Å². The number of ether oxygens (including phenoxy) is 1. The molecule has 1 aliphatic rings. The van der Waals surface area contributed by atoms with Crippen molar-refractivity contribution in [1.29, 1.82) is 0 Å². The summed E-state index contributed by atoms with van der Waals surface area (Å²) in [5, 5.41) is 14.5. The molecule has 0 amide bonds. The lowest BCUT2D eigenvalue weighted by atomic mass is 10.2. The number of hydrogen-bond acceptors (Lipinski definition) is 9. The van der Waals surface area contributed by atoms with Gasteiger partial charge < -0.3 is 20.7 Å². The molecule has 3 rings (SSSR count). The topological polar surface area (TPSA) is 123 Å². The molecule has 3 N–H and O–H groups in total. The van der Waals surface area contributed by atoms with Gasteiger partial charge in [0.2, 0.25) is 17.6 Å². The number of nitrogens with two attached hydrogens (primary N) is 1. The fraction of sp³-hybridized carbons (Fsp3) is 0.444. The summed E-state index contributed by atoms with van der Waals surface area (Å²) in [6.07, 6.45) is 0. The van der Waals surface area contributed by atoms with Gasteiger partial charge in [0.1, 0.15) is 0 Å². The Balaban J connectivity index is 1.72. The van der Waals surface area contributed by atoms with E-state index in [0.717, 1.165) is 19.6 Å². The van der Waals surface area contributed by atoms with Crippen LogP contribution >= 0.6 is 0 Å². The Labute approximate surface area is 163 Å². The van der Waals surface area contributed by atoms with E-state index in [1.807, 2.05) is 23.1 Å². The van der Waals surface area contributed by atoms with Crippen molar-refractivity contribution >= 4 is 23.3 Å². The van der Waals surface area contributed by atoms with Crippen LogP contribution in [0.2, 0.25) is 0 Å². The van der Waals surface area contributed by atoms with E-state index in [2.05, 4.69) is 32.3 Å². The fourth-order valence-corrected chi connectivity index (χ4v) is 3.16. The monoisotopic (exact) mass is 387 g/mol. The number of hydrogen-bond donors (Lipinski definition) is 2. The van der Waals surface area contributed by atoms with E-state index in [1.54, 1.807) is 7.11 Å². The number of nitrogens with one attached hydrogen (secondary N) is 1. The highest BCUT2D eigenvalue weighted by Gasteiger charge is 2.29. The van der Waals surface area contributed by atoms with Crippen LogP contribution in [0.15, 0.2) is 30.3 Å². The van der Waals surface area contributed by atoms with Crippen LogP contribution in [0.5, 0.6) is 0 Å². The summed E-state index contributed by atoms with van der Waals surface area (Å²) in [7, 11) is 1.59. The molecule has 1 aliphatic heterocycles. The first kappa shape index (κ1) is 19.8. The van der Waals surface area contributed by atoms with Gasteiger partial charge in [0.15, 0.2) is 0 Å². The number of aromatic nitrogens is 2. The molecule has 1 fully saturated rings. The van der Waals surface area contributed by atoms with Crippen molar-refractivity contribution in [3.8, 4) is 0 Å². The maximum Gasteiger partial charge on any atom is 0.353 e. The second kappa shape index (κ2) is 9.29. The van der Waals surface area contributed by atoms with E-state index < -0.39 is 4.92 Å². The molecule has 28 heavy (non-hydrogen) atoms. The van der Waals surface area contributed by atoms with Crippen molar-refractivity contribution in [3.05, 3.63) is 46.0 Å². The lowest BCUT2D eigenvalue weighted by Gasteiger charge is -2.35. The third-order valence-corrected chi connectivity index (χ3v) is 4.59. The number of piperazine rings is 1. The summed E-state index contributed by atoms with van der Waals surface area (Å²) in [4.78, 5) is 23.6. The molecule has 0 spiro atoms. The van der Waals surface area contributed by atoms with Crippen LogP contribution in [0.3, 0.4) is 0 Å². The third kappa shape index (κ3) is 4.84. The molecule has 1 saturated heterocycles. The largest absolute Gasteiger partial charge is 0.383 e. The van der Waals surface area contributed by atoms with Gasteiger partial charge in [0.25, 0.3) is 0 Å². The second-order valence-corrected chi connectivity index (χ2v) is 6.53. The summed E-state index contributed by atoms with van der Waals surface area (Å²) >= 11 is 0. The predicted octanol–water partition coefficient (Wildman–Crippen LogP) is 1.35. The number of anilines is 3. The molecule has 150 valence electrons. The summed E-state index contributed by atoms with van der Waals surface area (Å²) < 4.78 is 4.99. The van der Waals surface area contributed by atoms with Crippen molar-refractivity contribution in [2.45, 2.75) is 6.54 Å². The Morgan fingerprint density at radius 2 is 1.93 bits per heavy atom. The summed E-state index contributed by atoms with van der Waals surface area (Å²) in [6.45, 7) is 4.62. The molecule has 1 aromatic heterocycles. The Morgan fingerprint density at radius 3 is 2.57 bits per heavy atom. The van der Waals surface area contributed by atoms with E-state index >= 15 is 0 Å². The molecule has 0 atom stereocenters. The summed E-state index contributed by atoms with van der Waals surface area (Å²) in [5.74, 6) is 0.389. The number of benzene rings is 1. The van der Waals surface area contributed by atoms with Crippen LogP contribution in [0.25, 0.3) is 0 Å². The van der Waals surface area contributed by atoms with Gasteiger partial charge in [-0.15, -0.1) is 0 Å². The zero-order valence-corrected chi connectivity index (χ0v) is 15.9. The van der Waals surface area contributed by atoms with Crippen LogP contribution in [-0.4, -0.2) is 66.2 Å². The smallest absolute Gasteiger partial charge is 0.353 e. The van der Waals surface area contributed by atoms with Crippen molar-refractivity contribution < 1.29 is 9.66 Å². The van der Waals surface area contributed by atoms with Gasteiger partial charge in [-0.1, -0.05) is 30.3 Å². The van der Waals surface area contributed by atoms with E-state index in [1.165, 1.54) is 5.56 Å². The molecule has 0 aliphatic carbocycles. The first-order valence-electron chi connectivity index (χ1n) is 9.14. The molecule has 0 bridgehead atoms. The highest BCUT2D eigenvalue weighted by Crippen LogP contribution is 2.32. The van der Waals surface area contributed by atoms with Crippen LogP contribution in [0.4, 0.5) is 23.3 Å². The number of nitro groups is 1. The minimum Gasteiger partial charge on any atom is -0.383 e. The van der Waals surface area contributed by atoms with Gasteiger partial charge in [-0.05, 0) is 5.56 Å². The molecule has 10 nitrogen and oxygen atoms in total. The molecule has 0 radical (unpaired) electrons. The molecule has 2 aromatic rings. The maximum absolute atomic E-state index is 11.5. The van der Waals surface area contributed by atoms with Gasteiger partial charge in [-0.3, -0.25) is 15.0 Å². The first-order chi connectivity index (χ1) is 13.6. The number of nitrogens with zero attached hydrogens (tertiary/aromatic N) is 5. The molecule has 0 saturated carbocycles. The Hall–Kier alpha value is -2.98. The summed E-state index contributed by atoms with van der Waals surface area (Å²) in [6, 6.07) is 10.2. The van der Waals surface area contributed by atoms with E-state index in [4.69, 9.17) is 10.5 Å². The standard InChI is InChI=1S/C18H25N7O3/c1-28-12-7-20-18-21-16(19)15(25(26)27)17(22-18)24-10-8-23(9-11-24)13-14-5-3-2-4-6-14/h2-6H,7-13H2,1H3,(H3,19,20,21,22).